The molecule has 0 radical (unpaired) electrons. The van der Waals surface area contributed by atoms with Gasteiger partial charge in [-0.15, -0.1) is 10.2 Å². The molecule has 0 fully saturated rings. The van der Waals surface area contributed by atoms with E-state index in [9.17, 15) is 9.18 Å². The molecule has 7 heteroatoms. The van der Waals surface area contributed by atoms with Gasteiger partial charge in [-0.2, -0.15) is 0 Å². The van der Waals surface area contributed by atoms with Crippen LogP contribution >= 0.6 is 0 Å². The molecule has 0 amide bonds. The lowest BCUT2D eigenvalue weighted by molar-refractivity contribution is -0.136. The van der Waals surface area contributed by atoms with Crippen molar-refractivity contribution in [3.05, 3.63) is 29.9 Å². The number of rotatable bonds is 4. The molecule has 0 atom stereocenters. The van der Waals surface area contributed by atoms with E-state index in [0.29, 0.717) is 5.56 Å². The van der Waals surface area contributed by atoms with E-state index < -0.39 is 11.8 Å². The van der Waals surface area contributed by atoms with Crippen LogP contribution in [0.25, 0.3) is 11.5 Å². The molecule has 1 aromatic carbocycles. The Morgan fingerprint density at radius 1 is 1.50 bits per heavy atom. The lowest BCUT2D eigenvalue weighted by atomic mass is 10.2. The van der Waals surface area contributed by atoms with Crippen molar-refractivity contribution >= 4 is 5.97 Å². The van der Waals surface area contributed by atoms with Crippen LogP contribution in [0.2, 0.25) is 0 Å². The summed E-state index contributed by atoms with van der Waals surface area (Å²) in [5, 5.41) is 15.8. The van der Waals surface area contributed by atoms with E-state index in [-0.39, 0.29) is 24.0 Å². The Bertz CT molecular complexity index is 582. The largest absolute Gasteiger partial charge is 0.494 e. The molecule has 18 heavy (non-hydrogen) atoms. The molecule has 2 rings (SSSR count). The summed E-state index contributed by atoms with van der Waals surface area (Å²) in [6, 6.07) is 4.14. The molecule has 0 aliphatic carbocycles. The van der Waals surface area contributed by atoms with Gasteiger partial charge in [-0.3, -0.25) is 4.79 Å². The average molecular weight is 252 g/mol. The van der Waals surface area contributed by atoms with Gasteiger partial charge in [0.1, 0.15) is 6.42 Å². The summed E-state index contributed by atoms with van der Waals surface area (Å²) in [5.74, 6) is -1.51. The fourth-order valence-electron chi connectivity index (χ4n) is 1.37. The van der Waals surface area contributed by atoms with Crippen molar-refractivity contribution < 1.29 is 23.4 Å². The number of ether oxygens (including phenoxy) is 1. The molecule has 1 N–H and O–H groups in total. The van der Waals surface area contributed by atoms with Crippen molar-refractivity contribution in [3.8, 4) is 17.2 Å². The normalized spacial score (nSPS) is 10.3. The molecule has 0 unspecified atom stereocenters. The molecule has 6 nitrogen and oxygen atoms in total. The van der Waals surface area contributed by atoms with E-state index >= 15 is 0 Å². The van der Waals surface area contributed by atoms with E-state index in [2.05, 4.69) is 10.2 Å². The maximum absolute atomic E-state index is 13.4. The van der Waals surface area contributed by atoms with Crippen LogP contribution in [-0.2, 0) is 11.2 Å². The number of hydrogen-bond acceptors (Lipinski definition) is 5. The van der Waals surface area contributed by atoms with Crippen molar-refractivity contribution in [2.24, 2.45) is 0 Å². The standard InChI is InChI=1S/C11H9FN2O4/c1-17-8-3-2-6(4-7(8)12)11-14-13-9(18-11)5-10(15)16/h2-4H,5H2,1H3,(H,15,16). The second kappa shape index (κ2) is 4.82. The highest BCUT2D eigenvalue weighted by atomic mass is 19.1. The minimum atomic E-state index is -1.08. The fraction of sp³-hybridized carbons (Fsp3) is 0.182. The Balaban J connectivity index is 2.28. The highest BCUT2D eigenvalue weighted by Gasteiger charge is 2.13. The van der Waals surface area contributed by atoms with Gasteiger partial charge in [-0.25, -0.2) is 4.39 Å². The quantitative estimate of drug-likeness (QED) is 0.887. The van der Waals surface area contributed by atoms with E-state index in [0.717, 1.165) is 0 Å². The lowest BCUT2D eigenvalue weighted by Gasteiger charge is -2.01. The van der Waals surface area contributed by atoms with Crippen molar-refractivity contribution in [2.45, 2.75) is 6.42 Å². The summed E-state index contributed by atoms with van der Waals surface area (Å²) in [6.45, 7) is 0. The summed E-state index contributed by atoms with van der Waals surface area (Å²) in [7, 11) is 1.36. The summed E-state index contributed by atoms with van der Waals surface area (Å²) in [4.78, 5) is 10.4. The molecular weight excluding hydrogens is 243 g/mol. The minimum Gasteiger partial charge on any atom is -0.494 e. The first-order chi connectivity index (χ1) is 8.60. The molecule has 0 spiro atoms. The van der Waals surface area contributed by atoms with Gasteiger partial charge in [0, 0.05) is 5.56 Å². The first-order valence-electron chi connectivity index (χ1n) is 4.98. The number of carbonyl (C=O) groups is 1. The zero-order valence-corrected chi connectivity index (χ0v) is 9.38. The minimum absolute atomic E-state index is 0.0336. The number of aromatic nitrogens is 2. The van der Waals surface area contributed by atoms with E-state index in [4.69, 9.17) is 14.3 Å². The third-order valence-electron chi connectivity index (χ3n) is 2.17. The molecular formula is C11H9FN2O4. The Kier molecular flexibility index (Phi) is 3.22. The van der Waals surface area contributed by atoms with Gasteiger partial charge in [0.15, 0.2) is 11.6 Å². The number of carboxylic acid groups (broad SMARTS) is 1. The van der Waals surface area contributed by atoms with Crippen LogP contribution < -0.4 is 4.74 Å². The van der Waals surface area contributed by atoms with E-state index in [1.807, 2.05) is 0 Å². The number of halogens is 1. The van der Waals surface area contributed by atoms with Crippen molar-refractivity contribution in [1.29, 1.82) is 0 Å². The number of aliphatic carboxylic acids is 1. The molecule has 0 saturated carbocycles. The molecule has 94 valence electrons. The molecule has 1 aromatic heterocycles. The third-order valence-corrected chi connectivity index (χ3v) is 2.17. The topological polar surface area (TPSA) is 85.5 Å². The number of nitrogens with zero attached hydrogens (tertiary/aromatic N) is 2. The fourth-order valence-corrected chi connectivity index (χ4v) is 1.37. The zero-order valence-electron chi connectivity index (χ0n) is 9.38. The second-order valence-electron chi connectivity index (χ2n) is 3.42. The van der Waals surface area contributed by atoms with Crippen molar-refractivity contribution in [2.75, 3.05) is 7.11 Å². The van der Waals surface area contributed by atoms with Gasteiger partial charge in [-0.05, 0) is 18.2 Å². The Morgan fingerprint density at radius 2 is 2.28 bits per heavy atom. The smallest absolute Gasteiger partial charge is 0.312 e. The molecule has 0 aliphatic rings. The Morgan fingerprint density at radius 3 is 2.89 bits per heavy atom. The highest BCUT2D eigenvalue weighted by Crippen LogP contribution is 2.24. The van der Waals surface area contributed by atoms with Gasteiger partial charge in [0.2, 0.25) is 11.8 Å². The Labute approximate surface area is 101 Å². The first-order valence-corrected chi connectivity index (χ1v) is 4.98. The SMILES string of the molecule is COc1ccc(-c2nnc(CC(=O)O)o2)cc1F. The van der Waals surface area contributed by atoms with Crippen molar-refractivity contribution in [3.63, 3.8) is 0 Å². The zero-order chi connectivity index (χ0) is 13.1. The summed E-state index contributed by atoms with van der Waals surface area (Å²) < 4.78 is 23.3. The molecule has 0 saturated heterocycles. The maximum Gasteiger partial charge on any atom is 0.312 e. The van der Waals surface area contributed by atoms with Crippen LogP contribution in [0.5, 0.6) is 5.75 Å². The van der Waals surface area contributed by atoms with Crippen LogP contribution in [0, 0.1) is 5.82 Å². The number of hydrogen-bond donors (Lipinski definition) is 1. The maximum atomic E-state index is 13.4. The Hall–Kier alpha value is -2.44. The van der Waals surface area contributed by atoms with E-state index in [1.54, 1.807) is 6.07 Å². The molecule has 2 aromatic rings. The van der Waals surface area contributed by atoms with Gasteiger partial charge in [0.05, 0.1) is 7.11 Å². The number of benzene rings is 1. The predicted molar refractivity (Wildman–Crippen MR) is 57.6 cm³/mol. The molecule has 0 aliphatic heterocycles. The molecule has 1 heterocycles. The van der Waals surface area contributed by atoms with Crippen LogP contribution in [0.4, 0.5) is 4.39 Å². The first kappa shape index (κ1) is 12.0. The van der Waals surface area contributed by atoms with Gasteiger partial charge in [0.25, 0.3) is 0 Å². The van der Waals surface area contributed by atoms with Crippen LogP contribution in [0.1, 0.15) is 5.89 Å². The van der Waals surface area contributed by atoms with Gasteiger partial charge < -0.3 is 14.3 Å². The van der Waals surface area contributed by atoms with Crippen LogP contribution in [0.3, 0.4) is 0 Å². The highest BCUT2D eigenvalue weighted by molar-refractivity contribution is 5.68. The van der Waals surface area contributed by atoms with Gasteiger partial charge >= 0.3 is 5.97 Å². The summed E-state index contributed by atoms with van der Waals surface area (Å²) in [6.07, 6.45) is -0.369. The second-order valence-corrected chi connectivity index (χ2v) is 3.42. The van der Waals surface area contributed by atoms with Crippen molar-refractivity contribution in [1.82, 2.24) is 10.2 Å². The third kappa shape index (κ3) is 2.45. The van der Waals surface area contributed by atoms with Crippen LogP contribution in [-0.4, -0.2) is 28.4 Å². The number of methoxy groups -OCH3 is 1. The lowest BCUT2D eigenvalue weighted by Crippen LogP contribution is -1.99. The summed E-state index contributed by atoms with van der Waals surface area (Å²) in [5.41, 5.74) is 0.359. The van der Waals surface area contributed by atoms with Crippen LogP contribution in [0.15, 0.2) is 22.6 Å². The van der Waals surface area contributed by atoms with E-state index in [1.165, 1.54) is 19.2 Å². The summed E-state index contributed by atoms with van der Waals surface area (Å²) >= 11 is 0. The predicted octanol–water partition coefficient (Wildman–Crippen LogP) is 1.51. The monoisotopic (exact) mass is 252 g/mol. The molecule has 0 bridgehead atoms. The number of carboxylic acids is 1. The average Bonchev–Trinajstić information content (AvgIpc) is 2.76. The van der Waals surface area contributed by atoms with Gasteiger partial charge in [-0.1, -0.05) is 0 Å².